The highest BCUT2D eigenvalue weighted by atomic mass is 16.5. The van der Waals surface area contributed by atoms with Crippen molar-refractivity contribution in [1.29, 1.82) is 0 Å². The number of ketones is 1. The van der Waals surface area contributed by atoms with Crippen molar-refractivity contribution in [2.24, 2.45) is 0 Å². The van der Waals surface area contributed by atoms with Crippen LogP contribution in [0.3, 0.4) is 0 Å². The highest BCUT2D eigenvalue weighted by Crippen LogP contribution is 2.20. The van der Waals surface area contributed by atoms with E-state index in [0.717, 1.165) is 11.3 Å². The summed E-state index contributed by atoms with van der Waals surface area (Å²) in [5, 5.41) is 0. The van der Waals surface area contributed by atoms with E-state index in [2.05, 4.69) is 0 Å². The Balaban J connectivity index is 2.82. The third-order valence-corrected chi connectivity index (χ3v) is 2.23. The maximum absolute atomic E-state index is 11.6. The van der Waals surface area contributed by atoms with Gasteiger partial charge in [-0.15, -0.1) is 0 Å². The number of carbonyl (C=O) groups is 1. The second kappa shape index (κ2) is 6.25. The van der Waals surface area contributed by atoms with Gasteiger partial charge in [0.25, 0.3) is 0 Å². The molecule has 0 heterocycles. The van der Waals surface area contributed by atoms with Gasteiger partial charge in [0.05, 0.1) is 7.11 Å². The predicted octanol–water partition coefficient (Wildman–Crippen LogP) is 1.60. The number of ether oxygens (including phenoxy) is 3. The van der Waals surface area contributed by atoms with Gasteiger partial charge in [-0.25, -0.2) is 0 Å². The number of benzene rings is 1. The zero-order chi connectivity index (χ0) is 12.0. The second-order valence-corrected chi connectivity index (χ2v) is 3.29. The molecule has 0 radical (unpaired) electrons. The first-order chi connectivity index (χ1) is 7.72. The Hall–Kier alpha value is -1.39. The Labute approximate surface area is 95.1 Å². The van der Waals surface area contributed by atoms with E-state index in [-0.39, 0.29) is 12.4 Å². The van der Waals surface area contributed by atoms with Crippen molar-refractivity contribution in [3.63, 3.8) is 0 Å². The molecule has 88 valence electrons. The summed E-state index contributed by atoms with van der Waals surface area (Å²) in [6, 6.07) is 7.20. The van der Waals surface area contributed by atoms with Crippen LogP contribution in [0.1, 0.15) is 11.7 Å². The molecule has 1 aromatic carbocycles. The van der Waals surface area contributed by atoms with Gasteiger partial charge in [0.1, 0.15) is 18.5 Å². The summed E-state index contributed by atoms with van der Waals surface area (Å²) < 4.78 is 15.0. The molecule has 1 unspecified atom stereocenters. The van der Waals surface area contributed by atoms with E-state index >= 15 is 0 Å². The van der Waals surface area contributed by atoms with E-state index in [1.54, 1.807) is 31.4 Å². The molecule has 0 aromatic heterocycles. The lowest BCUT2D eigenvalue weighted by molar-refractivity contribution is -0.132. The van der Waals surface area contributed by atoms with Gasteiger partial charge in [-0.3, -0.25) is 4.79 Å². The van der Waals surface area contributed by atoms with E-state index in [0.29, 0.717) is 0 Å². The smallest absolute Gasteiger partial charge is 0.191 e. The average molecular weight is 224 g/mol. The molecule has 0 amide bonds. The molecule has 1 atom stereocenters. The van der Waals surface area contributed by atoms with E-state index in [4.69, 9.17) is 14.2 Å². The van der Waals surface area contributed by atoms with Gasteiger partial charge >= 0.3 is 0 Å². The maximum atomic E-state index is 11.6. The quantitative estimate of drug-likeness (QED) is 0.736. The lowest BCUT2D eigenvalue weighted by Crippen LogP contribution is -2.19. The molecule has 0 aliphatic carbocycles. The number of methoxy groups -OCH3 is 3. The molecule has 0 N–H and O–H groups in total. The molecule has 0 saturated heterocycles. The summed E-state index contributed by atoms with van der Waals surface area (Å²) in [6.07, 6.45) is -0.578. The van der Waals surface area contributed by atoms with Crippen LogP contribution in [0.15, 0.2) is 24.3 Å². The monoisotopic (exact) mass is 224 g/mol. The van der Waals surface area contributed by atoms with Crippen LogP contribution < -0.4 is 4.74 Å². The van der Waals surface area contributed by atoms with Gasteiger partial charge < -0.3 is 14.2 Å². The molecule has 4 heteroatoms. The molecule has 0 saturated carbocycles. The van der Waals surface area contributed by atoms with Crippen LogP contribution in [0.2, 0.25) is 0 Å². The standard InChI is InChI=1S/C12H16O4/c1-14-8-11(13)12(16-3)9-4-6-10(15-2)7-5-9/h4-7,12H,8H2,1-3H3. The second-order valence-electron chi connectivity index (χ2n) is 3.29. The molecule has 0 spiro atoms. The molecular weight excluding hydrogens is 208 g/mol. The predicted molar refractivity (Wildman–Crippen MR) is 59.6 cm³/mol. The average Bonchev–Trinajstić information content (AvgIpc) is 2.31. The molecule has 0 fully saturated rings. The fraction of sp³-hybridized carbons (Fsp3) is 0.417. The van der Waals surface area contributed by atoms with Crippen molar-refractivity contribution in [3.8, 4) is 5.75 Å². The highest BCUT2D eigenvalue weighted by molar-refractivity contribution is 5.85. The summed E-state index contributed by atoms with van der Waals surface area (Å²) in [5.74, 6) is 0.646. The van der Waals surface area contributed by atoms with Crippen LogP contribution in [0.25, 0.3) is 0 Å². The van der Waals surface area contributed by atoms with Gasteiger partial charge in [-0.2, -0.15) is 0 Å². The Morgan fingerprint density at radius 2 is 1.81 bits per heavy atom. The highest BCUT2D eigenvalue weighted by Gasteiger charge is 2.19. The topological polar surface area (TPSA) is 44.8 Å². The van der Waals surface area contributed by atoms with Crippen LogP contribution in [-0.2, 0) is 14.3 Å². The van der Waals surface area contributed by atoms with Crippen molar-refractivity contribution in [3.05, 3.63) is 29.8 Å². The Morgan fingerprint density at radius 1 is 1.19 bits per heavy atom. The fourth-order valence-electron chi connectivity index (χ4n) is 1.45. The minimum Gasteiger partial charge on any atom is -0.497 e. The molecule has 16 heavy (non-hydrogen) atoms. The Bertz CT molecular complexity index is 331. The first-order valence-electron chi connectivity index (χ1n) is 4.91. The molecule has 0 aliphatic heterocycles. The van der Waals surface area contributed by atoms with Crippen LogP contribution in [0.5, 0.6) is 5.75 Å². The van der Waals surface area contributed by atoms with E-state index in [1.165, 1.54) is 14.2 Å². The first kappa shape index (κ1) is 12.7. The third kappa shape index (κ3) is 3.05. The number of carbonyl (C=O) groups excluding carboxylic acids is 1. The van der Waals surface area contributed by atoms with Crippen molar-refractivity contribution in [2.45, 2.75) is 6.10 Å². The maximum Gasteiger partial charge on any atom is 0.191 e. The van der Waals surface area contributed by atoms with Gasteiger partial charge in [-0.05, 0) is 17.7 Å². The SMILES string of the molecule is COCC(=O)C(OC)c1ccc(OC)cc1. The number of hydrogen-bond donors (Lipinski definition) is 0. The van der Waals surface area contributed by atoms with E-state index in [1.807, 2.05) is 0 Å². The molecule has 4 nitrogen and oxygen atoms in total. The normalized spacial score (nSPS) is 12.2. The van der Waals surface area contributed by atoms with Gasteiger partial charge in [0.15, 0.2) is 5.78 Å². The fourth-order valence-corrected chi connectivity index (χ4v) is 1.45. The minimum absolute atomic E-state index is 0.0462. The minimum atomic E-state index is -0.578. The largest absolute Gasteiger partial charge is 0.497 e. The van der Waals surface area contributed by atoms with Gasteiger partial charge in [0, 0.05) is 14.2 Å². The number of Topliss-reactive ketones (excluding diaryl/α,β-unsaturated/α-hetero) is 1. The lowest BCUT2D eigenvalue weighted by Gasteiger charge is -2.14. The Kier molecular flexibility index (Phi) is 4.95. The van der Waals surface area contributed by atoms with E-state index < -0.39 is 6.10 Å². The summed E-state index contributed by atoms with van der Waals surface area (Å²) in [4.78, 5) is 11.6. The third-order valence-electron chi connectivity index (χ3n) is 2.23. The Morgan fingerprint density at radius 3 is 2.25 bits per heavy atom. The summed E-state index contributed by atoms with van der Waals surface area (Å²) in [5.41, 5.74) is 0.797. The van der Waals surface area contributed by atoms with Crippen molar-refractivity contribution in [2.75, 3.05) is 27.9 Å². The first-order valence-corrected chi connectivity index (χ1v) is 4.91. The lowest BCUT2D eigenvalue weighted by atomic mass is 10.1. The molecule has 0 aliphatic rings. The van der Waals surface area contributed by atoms with Crippen molar-refractivity contribution >= 4 is 5.78 Å². The zero-order valence-corrected chi connectivity index (χ0v) is 9.73. The van der Waals surface area contributed by atoms with Crippen LogP contribution in [0, 0.1) is 0 Å². The van der Waals surface area contributed by atoms with Gasteiger partial charge in [0.2, 0.25) is 0 Å². The summed E-state index contributed by atoms with van der Waals surface area (Å²) in [7, 11) is 4.58. The van der Waals surface area contributed by atoms with Crippen LogP contribution >= 0.6 is 0 Å². The number of rotatable bonds is 6. The van der Waals surface area contributed by atoms with E-state index in [9.17, 15) is 4.79 Å². The summed E-state index contributed by atoms with van der Waals surface area (Å²) >= 11 is 0. The summed E-state index contributed by atoms with van der Waals surface area (Å²) in [6.45, 7) is 0.0462. The molecular formula is C12H16O4. The van der Waals surface area contributed by atoms with Crippen LogP contribution in [-0.4, -0.2) is 33.7 Å². The number of hydrogen-bond acceptors (Lipinski definition) is 4. The zero-order valence-electron chi connectivity index (χ0n) is 9.73. The molecule has 1 aromatic rings. The van der Waals surface area contributed by atoms with Crippen LogP contribution in [0.4, 0.5) is 0 Å². The van der Waals surface area contributed by atoms with Crippen molar-refractivity contribution < 1.29 is 19.0 Å². The molecule has 0 bridgehead atoms. The van der Waals surface area contributed by atoms with Gasteiger partial charge in [-0.1, -0.05) is 12.1 Å². The van der Waals surface area contributed by atoms with Crippen molar-refractivity contribution in [1.82, 2.24) is 0 Å². The molecule has 1 rings (SSSR count).